The van der Waals surface area contributed by atoms with E-state index in [1.807, 2.05) is 19.1 Å². The molecule has 0 aliphatic heterocycles. The Hall–Kier alpha value is -0.800. The van der Waals surface area contributed by atoms with Crippen molar-refractivity contribution in [3.63, 3.8) is 0 Å². The van der Waals surface area contributed by atoms with Crippen LogP contribution in [-0.4, -0.2) is 5.11 Å². The molecular weight excluding hydrogens is 254 g/mol. The van der Waals surface area contributed by atoms with Gasteiger partial charge in [-0.2, -0.15) is 0 Å². The predicted molar refractivity (Wildman–Crippen MR) is 67.6 cm³/mol. The maximum absolute atomic E-state index is 9.93. The van der Waals surface area contributed by atoms with Crippen LogP contribution >= 0.6 is 15.9 Å². The molecule has 0 fully saturated rings. The molecule has 0 radical (unpaired) electrons. The van der Waals surface area contributed by atoms with Crippen LogP contribution in [0, 0.1) is 0 Å². The highest BCUT2D eigenvalue weighted by molar-refractivity contribution is 9.10. The van der Waals surface area contributed by atoms with Gasteiger partial charge in [-0.3, -0.25) is 0 Å². The number of nitrogen functional groups attached to an aromatic ring is 1. The van der Waals surface area contributed by atoms with Crippen LogP contribution in [0.1, 0.15) is 31.4 Å². The molecule has 0 spiro atoms. The van der Waals surface area contributed by atoms with E-state index in [-0.39, 0.29) is 0 Å². The minimum Gasteiger partial charge on any atom is -0.398 e. The van der Waals surface area contributed by atoms with Crippen LogP contribution in [0.2, 0.25) is 0 Å². The summed E-state index contributed by atoms with van der Waals surface area (Å²) in [5.74, 6) is 0. The Balaban J connectivity index is 2.76. The van der Waals surface area contributed by atoms with Gasteiger partial charge in [0.15, 0.2) is 0 Å². The molecule has 1 rings (SSSR count). The van der Waals surface area contributed by atoms with Gasteiger partial charge in [0, 0.05) is 15.7 Å². The van der Waals surface area contributed by atoms with E-state index in [9.17, 15) is 5.11 Å². The second-order valence-corrected chi connectivity index (χ2v) is 4.70. The summed E-state index contributed by atoms with van der Waals surface area (Å²) >= 11 is 3.36. The van der Waals surface area contributed by atoms with E-state index in [0.717, 1.165) is 22.0 Å². The number of halogens is 1. The van der Waals surface area contributed by atoms with Gasteiger partial charge in [-0.05, 0) is 38.0 Å². The van der Waals surface area contributed by atoms with E-state index in [0.29, 0.717) is 12.1 Å². The molecule has 1 aromatic carbocycles. The lowest BCUT2D eigenvalue weighted by Gasteiger charge is -2.13. The molecule has 1 atom stereocenters. The van der Waals surface area contributed by atoms with Crippen molar-refractivity contribution in [1.29, 1.82) is 0 Å². The maximum atomic E-state index is 9.93. The first kappa shape index (κ1) is 12.3. The SMILES string of the molecule is C=C(C)CCC(O)c1cc(Br)ccc1N. The zero-order valence-electron chi connectivity index (χ0n) is 8.83. The van der Waals surface area contributed by atoms with E-state index in [1.165, 1.54) is 0 Å². The molecule has 3 heteroatoms. The minimum atomic E-state index is -0.515. The number of aliphatic hydroxyl groups excluding tert-OH is 1. The third-order valence-electron chi connectivity index (χ3n) is 2.25. The number of hydrogen-bond donors (Lipinski definition) is 2. The Morgan fingerprint density at radius 3 is 2.87 bits per heavy atom. The lowest BCUT2D eigenvalue weighted by Crippen LogP contribution is -2.02. The van der Waals surface area contributed by atoms with Gasteiger partial charge in [-0.15, -0.1) is 6.58 Å². The minimum absolute atomic E-state index is 0.515. The Morgan fingerprint density at radius 1 is 1.60 bits per heavy atom. The molecule has 0 saturated carbocycles. The number of nitrogens with two attached hydrogens (primary N) is 1. The van der Waals surface area contributed by atoms with Crippen LogP contribution in [0.5, 0.6) is 0 Å². The largest absolute Gasteiger partial charge is 0.398 e. The Kier molecular flexibility index (Phi) is 4.36. The summed E-state index contributed by atoms with van der Waals surface area (Å²) in [5, 5.41) is 9.93. The summed E-state index contributed by atoms with van der Waals surface area (Å²) < 4.78 is 0.932. The van der Waals surface area contributed by atoms with Gasteiger partial charge in [-0.25, -0.2) is 0 Å². The van der Waals surface area contributed by atoms with Crippen LogP contribution in [0.3, 0.4) is 0 Å². The van der Waals surface area contributed by atoms with Gasteiger partial charge < -0.3 is 10.8 Å². The topological polar surface area (TPSA) is 46.2 Å². The maximum Gasteiger partial charge on any atom is 0.0813 e. The number of aliphatic hydroxyl groups is 1. The molecule has 0 heterocycles. The van der Waals surface area contributed by atoms with Crippen molar-refractivity contribution in [2.24, 2.45) is 0 Å². The summed E-state index contributed by atoms with van der Waals surface area (Å²) in [4.78, 5) is 0. The molecule has 1 aromatic rings. The highest BCUT2D eigenvalue weighted by atomic mass is 79.9. The van der Waals surface area contributed by atoms with Gasteiger partial charge in [0.2, 0.25) is 0 Å². The molecule has 1 unspecified atom stereocenters. The first-order valence-corrected chi connectivity index (χ1v) is 5.67. The molecule has 3 N–H and O–H groups in total. The number of anilines is 1. The van der Waals surface area contributed by atoms with Gasteiger partial charge >= 0.3 is 0 Å². The molecular formula is C12H16BrNO. The average Bonchev–Trinajstić information content (AvgIpc) is 2.18. The van der Waals surface area contributed by atoms with Crippen LogP contribution in [0.15, 0.2) is 34.8 Å². The van der Waals surface area contributed by atoms with E-state index in [4.69, 9.17) is 5.73 Å². The molecule has 15 heavy (non-hydrogen) atoms. The van der Waals surface area contributed by atoms with Crippen molar-refractivity contribution in [2.75, 3.05) is 5.73 Å². The molecule has 0 amide bonds. The van der Waals surface area contributed by atoms with E-state index < -0.39 is 6.10 Å². The molecule has 0 bridgehead atoms. The average molecular weight is 270 g/mol. The number of allylic oxidation sites excluding steroid dienone is 1. The summed E-state index contributed by atoms with van der Waals surface area (Å²) in [6.07, 6.45) is 0.961. The van der Waals surface area contributed by atoms with Crippen molar-refractivity contribution in [3.05, 3.63) is 40.4 Å². The van der Waals surface area contributed by atoms with E-state index >= 15 is 0 Å². The molecule has 0 aliphatic rings. The van der Waals surface area contributed by atoms with Crippen molar-refractivity contribution < 1.29 is 5.11 Å². The first-order chi connectivity index (χ1) is 7.00. The fraction of sp³-hybridized carbons (Fsp3) is 0.333. The lowest BCUT2D eigenvalue weighted by atomic mass is 10.0. The Bertz CT molecular complexity index is 363. The molecule has 0 saturated heterocycles. The third-order valence-corrected chi connectivity index (χ3v) is 2.75. The number of rotatable bonds is 4. The fourth-order valence-electron chi connectivity index (χ4n) is 1.37. The van der Waals surface area contributed by atoms with E-state index in [1.54, 1.807) is 6.07 Å². The predicted octanol–water partition coefficient (Wildman–Crippen LogP) is 3.42. The van der Waals surface area contributed by atoms with Crippen molar-refractivity contribution >= 4 is 21.6 Å². The zero-order chi connectivity index (χ0) is 11.4. The monoisotopic (exact) mass is 269 g/mol. The van der Waals surface area contributed by atoms with Crippen LogP contribution in [0.4, 0.5) is 5.69 Å². The van der Waals surface area contributed by atoms with Gasteiger partial charge in [-0.1, -0.05) is 21.5 Å². The standard InChI is InChI=1S/C12H16BrNO/c1-8(2)3-6-12(15)10-7-9(13)4-5-11(10)14/h4-5,7,12,15H,1,3,6,14H2,2H3. The number of benzene rings is 1. The molecule has 2 nitrogen and oxygen atoms in total. The first-order valence-electron chi connectivity index (χ1n) is 4.88. The smallest absolute Gasteiger partial charge is 0.0813 e. The van der Waals surface area contributed by atoms with Crippen molar-refractivity contribution in [2.45, 2.75) is 25.9 Å². The summed E-state index contributed by atoms with van der Waals surface area (Å²) in [6, 6.07) is 5.52. The van der Waals surface area contributed by atoms with Crippen molar-refractivity contribution in [3.8, 4) is 0 Å². The third kappa shape index (κ3) is 3.68. The van der Waals surface area contributed by atoms with Crippen molar-refractivity contribution in [1.82, 2.24) is 0 Å². The zero-order valence-corrected chi connectivity index (χ0v) is 10.4. The van der Waals surface area contributed by atoms with Gasteiger partial charge in [0.25, 0.3) is 0 Å². The second kappa shape index (κ2) is 5.33. The lowest BCUT2D eigenvalue weighted by molar-refractivity contribution is 0.168. The fourth-order valence-corrected chi connectivity index (χ4v) is 1.75. The van der Waals surface area contributed by atoms with E-state index in [2.05, 4.69) is 22.5 Å². The normalized spacial score (nSPS) is 12.5. The summed E-state index contributed by atoms with van der Waals surface area (Å²) in [7, 11) is 0. The highest BCUT2D eigenvalue weighted by Gasteiger charge is 2.11. The number of hydrogen-bond acceptors (Lipinski definition) is 2. The highest BCUT2D eigenvalue weighted by Crippen LogP contribution is 2.28. The summed E-state index contributed by atoms with van der Waals surface area (Å²) in [6.45, 7) is 5.76. The molecule has 0 aliphatic carbocycles. The van der Waals surface area contributed by atoms with Crippen LogP contribution < -0.4 is 5.73 Å². The Morgan fingerprint density at radius 2 is 2.27 bits per heavy atom. The van der Waals surface area contributed by atoms with Crippen LogP contribution in [-0.2, 0) is 0 Å². The van der Waals surface area contributed by atoms with Gasteiger partial charge in [0.05, 0.1) is 6.10 Å². The summed E-state index contributed by atoms with van der Waals surface area (Å²) in [5.41, 5.74) is 8.28. The molecule has 0 aromatic heterocycles. The van der Waals surface area contributed by atoms with Crippen LogP contribution in [0.25, 0.3) is 0 Å². The quantitative estimate of drug-likeness (QED) is 0.650. The second-order valence-electron chi connectivity index (χ2n) is 3.78. The van der Waals surface area contributed by atoms with Gasteiger partial charge in [0.1, 0.15) is 0 Å². The Labute approximate surface area is 98.9 Å². The molecule has 82 valence electrons.